The number of nitrogens with one attached hydrogen (secondary N) is 2. The van der Waals surface area contributed by atoms with E-state index in [9.17, 15) is 8.42 Å². The molecule has 0 amide bonds. The molecule has 148 valence electrons. The van der Waals surface area contributed by atoms with Crippen molar-refractivity contribution in [3.8, 4) is 5.75 Å². The Morgan fingerprint density at radius 2 is 1.89 bits per heavy atom. The number of aromatic amines is 1. The molecule has 3 aromatic rings. The summed E-state index contributed by atoms with van der Waals surface area (Å²) in [6.45, 7) is 4.19. The van der Waals surface area contributed by atoms with E-state index in [0.29, 0.717) is 17.2 Å². The molecule has 2 aromatic carbocycles. The Labute approximate surface area is 166 Å². The lowest BCUT2D eigenvalue weighted by Crippen LogP contribution is -2.38. The maximum Gasteiger partial charge on any atom is 0.240 e. The van der Waals surface area contributed by atoms with Crippen LogP contribution >= 0.6 is 0 Å². The van der Waals surface area contributed by atoms with Crippen LogP contribution in [0.4, 0.5) is 0 Å². The van der Waals surface area contributed by atoms with Crippen LogP contribution in [0.3, 0.4) is 0 Å². The molecule has 0 saturated carbocycles. The molecule has 1 atom stereocenters. The fraction of sp³-hybridized carbons (Fsp3) is 0.364. The molecule has 0 fully saturated rings. The van der Waals surface area contributed by atoms with E-state index in [0.717, 1.165) is 35.1 Å². The Kier molecular flexibility index (Phi) is 4.93. The minimum Gasteiger partial charge on any atom is -0.497 e. The smallest absolute Gasteiger partial charge is 0.240 e. The van der Waals surface area contributed by atoms with Gasteiger partial charge in [0, 0.05) is 22.6 Å². The maximum absolute atomic E-state index is 12.9. The number of aryl methyl sites for hydroxylation is 1. The number of hydrogen-bond donors (Lipinski definition) is 2. The van der Waals surface area contributed by atoms with Crippen LogP contribution in [0.5, 0.6) is 5.75 Å². The molecule has 5 nitrogen and oxygen atoms in total. The lowest BCUT2D eigenvalue weighted by atomic mass is 9.92. The van der Waals surface area contributed by atoms with Gasteiger partial charge >= 0.3 is 0 Å². The zero-order valence-electron chi connectivity index (χ0n) is 16.5. The number of H-pyrrole nitrogens is 1. The molecule has 1 aromatic heterocycles. The van der Waals surface area contributed by atoms with Crippen LogP contribution in [0.1, 0.15) is 43.0 Å². The summed E-state index contributed by atoms with van der Waals surface area (Å²) >= 11 is 0. The van der Waals surface area contributed by atoms with Gasteiger partial charge in [-0.3, -0.25) is 0 Å². The molecule has 0 bridgehead atoms. The largest absolute Gasteiger partial charge is 0.497 e. The van der Waals surface area contributed by atoms with Gasteiger partial charge in [-0.2, -0.15) is 0 Å². The van der Waals surface area contributed by atoms with Crippen LogP contribution in [0, 0.1) is 0 Å². The third kappa shape index (κ3) is 3.54. The van der Waals surface area contributed by atoms with Crippen molar-refractivity contribution in [1.82, 2.24) is 9.71 Å². The molecule has 0 radical (unpaired) electrons. The number of hydrogen-bond acceptors (Lipinski definition) is 3. The van der Waals surface area contributed by atoms with Crippen LogP contribution in [-0.4, -0.2) is 26.6 Å². The van der Waals surface area contributed by atoms with E-state index in [1.54, 1.807) is 19.2 Å². The van der Waals surface area contributed by atoms with Gasteiger partial charge in [0.25, 0.3) is 0 Å². The normalized spacial score (nSPS) is 17.1. The minimum absolute atomic E-state index is 0.118. The van der Waals surface area contributed by atoms with Crippen LogP contribution in [0.25, 0.3) is 10.9 Å². The van der Waals surface area contributed by atoms with E-state index < -0.39 is 10.0 Å². The summed E-state index contributed by atoms with van der Waals surface area (Å²) in [7, 11) is -1.88. The van der Waals surface area contributed by atoms with Gasteiger partial charge in [0.15, 0.2) is 0 Å². The number of rotatable bonds is 5. The zero-order chi connectivity index (χ0) is 19.9. The highest BCUT2D eigenvalue weighted by Crippen LogP contribution is 2.32. The fourth-order valence-electron chi connectivity index (χ4n) is 3.94. The van der Waals surface area contributed by atoms with E-state index in [2.05, 4.69) is 23.6 Å². The second kappa shape index (κ2) is 7.26. The van der Waals surface area contributed by atoms with Crippen LogP contribution in [0.15, 0.2) is 47.4 Å². The van der Waals surface area contributed by atoms with E-state index in [1.807, 2.05) is 30.3 Å². The quantitative estimate of drug-likeness (QED) is 0.679. The number of methoxy groups -OCH3 is 1. The predicted molar refractivity (Wildman–Crippen MR) is 112 cm³/mol. The second-order valence-electron chi connectivity index (χ2n) is 7.78. The predicted octanol–water partition coefficient (Wildman–Crippen LogP) is 4.14. The lowest BCUT2D eigenvalue weighted by molar-refractivity contribution is 0.415. The van der Waals surface area contributed by atoms with Crippen molar-refractivity contribution in [3.05, 3.63) is 59.3 Å². The number of ether oxygens (including phenoxy) is 1. The summed E-state index contributed by atoms with van der Waals surface area (Å²) in [5.74, 6) is 1.18. The van der Waals surface area contributed by atoms with Gasteiger partial charge in [-0.05, 0) is 66.6 Å². The number of benzene rings is 2. The van der Waals surface area contributed by atoms with Crippen molar-refractivity contribution in [2.24, 2.45) is 0 Å². The average molecular weight is 399 g/mol. The highest BCUT2D eigenvalue weighted by atomic mass is 32.2. The Morgan fingerprint density at radius 1 is 1.14 bits per heavy atom. The summed E-state index contributed by atoms with van der Waals surface area (Å²) in [6, 6.07) is 13.0. The molecular formula is C22H26N2O3S. The fourth-order valence-corrected chi connectivity index (χ4v) is 5.21. The molecule has 0 spiro atoms. The average Bonchev–Trinajstić information content (AvgIpc) is 3.05. The standard InChI is InChI=1S/C22H26N2O3S/c1-14(2)15-4-8-18(9-5-15)28(25,26)24-16-6-10-21-19(12-16)20-13-17(27-3)7-11-22(20)23-21/h4-5,7-9,11,13-14,16,23-24H,6,10,12H2,1-3H3. The van der Waals surface area contributed by atoms with Gasteiger partial charge in [0.05, 0.1) is 12.0 Å². The summed E-state index contributed by atoms with van der Waals surface area (Å²) in [5, 5.41) is 1.11. The maximum atomic E-state index is 12.9. The summed E-state index contributed by atoms with van der Waals surface area (Å²) in [6.07, 6.45) is 2.28. The van der Waals surface area contributed by atoms with Gasteiger partial charge < -0.3 is 9.72 Å². The molecular weight excluding hydrogens is 372 g/mol. The Bertz CT molecular complexity index is 1100. The third-order valence-corrected chi connectivity index (χ3v) is 7.11. The summed E-state index contributed by atoms with van der Waals surface area (Å²) in [5.41, 5.74) is 4.58. The summed E-state index contributed by atoms with van der Waals surface area (Å²) < 4.78 is 34.0. The lowest BCUT2D eigenvalue weighted by Gasteiger charge is -2.23. The highest BCUT2D eigenvalue weighted by Gasteiger charge is 2.27. The molecule has 4 rings (SSSR count). The molecule has 1 aliphatic carbocycles. The Balaban J connectivity index is 1.57. The Hall–Kier alpha value is -2.31. The highest BCUT2D eigenvalue weighted by molar-refractivity contribution is 7.89. The van der Waals surface area contributed by atoms with Crippen LogP contribution in [-0.2, 0) is 22.9 Å². The van der Waals surface area contributed by atoms with Crippen molar-refractivity contribution in [2.75, 3.05) is 7.11 Å². The SMILES string of the molecule is COc1ccc2[nH]c3c(c2c1)CC(NS(=O)(=O)c1ccc(C(C)C)cc1)CC3. The van der Waals surface area contributed by atoms with Crippen molar-refractivity contribution >= 4 is 20.9 Å². The first-order chi connectivity index (χ1) is 13.4. The second-order valence-corrected chi connectivity index (χ2v) is 9.49. The first-order valence-electron chi connectivity index (χ1n) is 9.67. The van der Waals surface area contributed by atoms with Crippen molar-refractivity contribution in [2.45, 2.75) is 50.0 Å². The van der Waals surface area contributed by atoms with Crippen molar-refractivity contribution in [3.63, 3.8) is 0 Å². The van der Waals surface area contributed by atoms with E-state index in [1.165, 1.54) is 11.3 Å². The summed E-state index contributed by atoms with van der Waals surface area (Å²) in [4.78, 5) is 3.79. The van der Waals surface area contributed by atoms with Crippen molar-refractivity contribution in [1.29, 1.82) is 0 Å². The van der Waals surface area contributed by atoms with E-state index in [-0.39, 0.29) is 6.04 Å². The number of fused-ring (bicyclic) bond motifs is 3. The minimum atomic E-state index is -3.54. The number of aromatic nitrogens is 1. The third-order valence-electron chi connectivity index (χ3n) is 5.57. The van der Waals surface area contributed by atoms with Crippen LogP contribution < -0.4 is 9.46 Å². The topological polar surface area (TPSA) is 71.2 Å². The zero-order valence-corrected chi connectivity index (χ0v) is 17.3. The molecule has 6 heteroatoms. The van der Waals surface area contributed by atoms with Gasteiger partial charge in [0.2, 0.25) is 10.0 Å². The van der Waals surface area contributed by atoms with Gasteiger partial charge in [0.1, 0.15) is 5.75 Å². The molecule has 0 aliphatic heterocycles. The monoisotopic (exact) mass is 398 g/mol. The van der Waals surface area contributed by atoms with E-state index in [4.69, 9.17) is 4.74 Å². The van der Waals surface area contributed by atoms with Gasteiger partial charge in [-0.25, -0.2) is 13.1 Å². The first kappa shape index (κ1) is 19.0. The van der Waals surface area contributed by atoms with E-state index >= 15 is 0 Å². The van der Waals surface area contributed by atoms with Gasteiger partial charge in [-0.1, -0.05) is 26.0 Å². The molecule has 1 heterocycles. The van der Waals surface area contributed by atoms with Crippen LogP contribution in [0.2, 0.25) is 0 Å². The molecule has 0 saturated heterocycles. The molecule has 1 aliphatic rings. The first-order valence-corrected chi connectivity index (χ1v) is 11.2. The molecule has 2 N–H and O–H groups in total. The van der Waals surface area contributed by atoms with Gasteiger partial charge in [-0.15, -0.1) is 0 Å². The molecule has 28 heavy (non-hydrogen) atoms. The molecule has 1 unspecified atom stereocenters. The number of sulfonamides is 1. The Morgan fingerprint density at radius 3 is 2.57 bits per heavy atom. The van der Waals surface area contributed by atoms with Crippen molar-refractivity contribution < 1.29 is 13.2 Å².